The van der Waals surface area contributed by atoms with Gasteiger partial charge in [-0.25, -0.2) is 4.39 Å². The zero-order valence-corrected chi connectivity index (χ0v) is 14.5. The van der Waals surface area contributed by atoms with Crippen molar-refractivity contribution in [3.63, 3.8) is 0 Å². The molecule has 1 heterocycles. The summed E-state index contributed by atoms with van der Waals surface area (Å²) in [5.41, 5.74) is 1.35. The zero-order valence-electron chi connectivity index (χ0n) is 13.8. The highest BCUT2D eigenvalue weighted by molar-refractivity contribution is 6.30. The lowest BCUT2D eigenvalue weighted by Gasteiger charge is -2.25. The van der Waals surface area contributed by atoms with Crippen LogP contribution in [0.15, 0.2) is 42.5 Å². The number of hydrogen-bond acceptors (Lipinski definition) is 2. The summed E-state index contributed by atoms with van der Waals surface area (Å²) < 4.78 is 13.8. The predicted octanol–water partition coefficient (Wildman–Crippen LogP) is 4.41. The highest BCUT2D eigenvalue weighted by Crippen LogP contribution is 2.34. The summed E-state index contributed by atoms with van der Waals surface area (Å²) in [7, 11) is 0. The molecule has 3 rings (SSSR count). The molecule has 1 atom stereocenters. The number of amides is 2. The maximum Gasteiger partial charge on any atom is 0.254 e. The highest BCUT2D eigenvalue weighted by atomic mass is 35.5. The minimum absolute atomic E-state index is 0.0110. The van der Waals surface area contributed by atoms with E-state index in [2.05, 4.69) is 5.32 Å². The lowest BCUT2D eigenvalue weighted by molar-refractivity contribution is -0.114. The molecule has 1 unspecified atom stereocenters. The van der Waals surface area contributed by atoms with Crippen molar-refractivity contribution in [1.29, 1.82) is 0 Å². The van der Waals surface area contributed by atoms with Gasteiger partial charge >= 0.3 is 0 Å². The Morgan fingerprint density at radius 2 is 2.04 bits per heavy atom. The summed E-state index contributed by atoms with van der Waals surface area (Å²) in [6, 6.07) is 11.4. The van der Waals surface area contributed by atoms with E-state index in [1.54, 1.807) is 11.0 Å². The van der Waals surface area contributed by atoms with Crippen LogP contribution >= 0.6 is 11.6 Å². The summed E-state index contributed by atoms with van der Waals surface area (Å²) in [6.45, 7) is 1.92. The normalized spacial score (nSPS) is 16.8. The Morgan fingerprint density at radius 3 is 2.76 bits per heavy atom. The molecule has 25 heavy (non-hydrogen) atoms. The van der Waals surface area contributed by atoms with Gasteiger partial charge < -0.3 is 10.2 Å². The number of nitrogens with one attached hydrogen (secondary N) is 1. The number of benzene rings is 2. The van der Waals surface area contributed by atoms with Crippen LogP contribution < -0.4 is 5.32 Å². The van der Waals surface area contributed by atoms with E-state index in [-0.39, 0.29) is 23.5 Å². The van der Waals surface area contributed by atoms with E-state index in [4.69, 9.17) is 11.6 Å². The molecule has 130 valence electrons. The van der Waals surface area contributed by atoms with E-state index in [1.807, 2.05) is 18.2 Å². The van der Waals surface area contributed by atoms with E-state index in [0.717, 1.165) is 18.4 Å². The predicted molar refractivity (Wildman–Crippen MR) is 95.2 cm³/mol. The number of halogens is 2. The van der Waals surface area contributed by atoms with Gasteiger partial charge in [-0.05, 0) is 48.7 Å². The van der Waals surface area contributed by atoms with Crippen LogP contribution in [0, 0.1) is 5.82 Å². The summed E-state index contributed by atoms with van der Waals surface area (Å²) in [6.07, 6.45) is 1.74. The van der Waals surface area contributed by atoms with Gasteiger partial charge in [-0.15, -0.1) is 0 Å². The van der Waals surface area contributed by atoms with Crippen LogP contribution in [-0.2, 0) is 4.79 Å². The molecule has 1 N–H and O–H groups in total. The van der Waals surface area contributed by atoms with Gasteiger partial charge in [0.15, 0.2) is 0 Å². The van der Waals surface area contributed by atoms with E-state index in [0.29, 0.717) is 17.1 Å². The van der Waals surface area contributed by atoms with Gasteiger partial charge in [-0.2, -0.15) is 0 Å². The molecular weight excluding hydrogens is 343 g/mol. The van der Waals surface area contributed by atoms with Crippen molar-refractivity contribution in [1.82, 2.24) is 4.90 Å². The molecule has 0 saturated carbocycles. The Kier molecular flexibility index (Phi) is 5.04. The first kappa shape index (κ1) is 17.4. The summed E-state index contributed by atoms with van der Waals surface area (Å²) >= 11 is 6.07. The number of carbonyl (C=O) groups excluding carboxylic acids is 2. The molecule has 0 radical (unpaired) electrons. The first-order valence-electron chi connectivity index (χ1n) is 8.09. The number of carbonyl (C=O) groups is 2. The maximum absolute atomic E-state index is 13.8. The first-order valence-corrected chi connectivity index (χ1v) is 8.47. The number of hydrogen-bond donors (Lipinski definition) is 1. The van der Waals surface area contributed by atoms with Gasteiger partial charge in [0, 0.05) is 24.1 Å². The Labute approximate surface area is 150 Å². The van der Waals surface area contributed by atoms with Gasteiger partial charge in [0.1, 0.15) is 5.82 Å². The van der Waals surface area contributed by atoms with E-state index in [9.17, 15) is 14.0 Å². The topological polar surface area (TPSA) is 49.4 Å². The molecule has 2 amide bonds. The number of rotatable bonds is 3. The van der Waals surface area contributed by atoms with Gasteiger partial charge in [-0.1, -0.05) is 23.7 Å². The Bertz CT molecular complexity index is 825. The molecule has 2 aromatic rings. The molecule has 0 aromatic heterocycles. The van der Waals surface area contributed by atoms with E-state index in [1.165, 1.54) is 25.1 Å². The van der Waals surface area contributed by atoms with Crippen LogP contribution in [-0.4, -0.2) is 23.3 Å². The van der Waals surface area contributed by atoms with Gasteiger partial charge in [0.25, 0.3) is 5.91 Å². The number of anilines is 1. The second-order valence-corrected chi connectivity index (χ2v) is 6.52. The fourth-order valence-electron chi connectivity index (χ4n) is 3.18. The molecule has 0 aliphatic carbocycles. The smallest absolute Gasteiger partial charge is 0.254 e. The summed E-state index contributed by atoms with van der Waals surface area (Å²) in [4.78, 5) is 25.9. The third-order valence-electron chi connectivity index (χ3n) is 4.27. The van der Waals surface area contributed by atoms with Crippen molar-refractivity contribution in [2.45, 2.75) is 25.8 Å². The standard InChI is InChI=1S/C19H18ClFN2O2/c1-12(24)22-17-11-14(7-8-16(17)21)19(25)23-9-3-6-18(23)13-4-2-5-15(20)10-13/h2,4-5,7-8,10-11,18H,3,6,9H2,1H3,(H,22,24). The third-order valence-corrected chi connectivity index (χ3v) is 4.51. The molecule has 1 aliphatic heterocycles. The van der Waals surface area contributed by atoms with Crippen molar-refractivity contribution < 1.29 is 14.0 Å². The molecular formula is C19H18ClFN2O2. The third kappa shape index (κ3) is 3.82. The average molecular weight is 361 g/mol. The van der Waals surface area contributed by atoms with Crippen LogP contribution in [0.3, 0.4) is 0 Å². The molecule has 1 aliphatic rings. The molecule has 0 spiro atoms. The lowest BCUT2D eigenvalue weighted by atomic mass is 10.0. The minimum Gasteiger partial charge on any atom is -0.332 e. The van der Waals surface area contributed by atoms with E-state index < -0.39 is 5.82 Å². The first-order chi connectivity index (χ1) is 12.0. The van der Waals surface area contributed by atoms with Crippen molar-refractivity contribution in [3.05, 3.63) is 64.4 Å². The fraction of sp³-hybridized carbons (Fsp3) is 0.263. The number of likely N-dealkylation sites (tertiary alicyclic amines) is 1. The molecule has 2 aromatic carbocycles. The van der Waals surface area contributed by atoms with Crippen molar-refractivity contribution >= 4 is 29.1 Å². The second-order valence-electron chi connectivity index (χ2n) is 6.09. The van der Waals surface area contributed by atoms with Crippen molar-refractivity contribution in [2.24, 2.45) is 0 Å². The summed E-state index contributed by atoms with van der Waals surface area (Å²) in [5, 5.41) is 3.04. The van der Waals surface area contributed by atoms with Gasteiger partial charge in [0.05, 0.1) is 11.7 Å². The molecule has 4 nitrogen and oxygen atoms in total. The number of nitrogens with zero attached hydrogens (tertiary/aromatic N) is 1. The van der Waals surface area contributed by atoms with Crippen LogP contribution in [0.1, 0.15) is 41.7 Å². The average Bonchev–Trinajstić information content (AvgIpc) is 3.05. The monoisotopic (exact) mass is 360 g/mol. The SMILES string of the molecule is CC(=O)Nc1cc(C(=O)N2CCCC2c2cccc(Cl)c2)ccc1F. The van der Waals surface area contributed by atoms with E-state index >= 15 is 0 Å². The lowest BCUT2D eigenvalue weighted by Crippen LogP contribution is -2.30. The van der Waals surface area contributed by atoms with Gasteiger partial charge in [0.2, 0.25) is 5.91 Å². The Hall–Kier alpha value is -2.40. The Morgan fingerprint density at radius 1 is 1.24 bits per heavy atom. The van der Waals surface area contributed by atoms with Gasteiger partial charge in [-0.3, -0.25) is 9.59 Å². The van der Waals surface area contributed by atoms with Crippen LogP contribution in [0.2, 0.25) is 5.02 Å². The zero-order chi connectivity index (χ0) is 18.0. The maximum atomic E-state index is 13.8. The second kappa shape index (κ2) is 7.23. The van der Waals surface area contributed by atoms with Crippen LogP contribution in [0.5, 0.6) is 0 Å². The van der Waals surface area contributed by atoms with Crippen LogP contribution in [0.25, 0.3) is 0 Å². The minimum atomic E-state index is -0.570. The van der Waals surface area contributed by atoms with Crippen molar-refractivity contribution in [3.8, 4) is 0 Å². The quantitative estimate of drug-likeness (QED) is 0.881. The highest BCUT2D eigenvalue weighted by Gasteiger charge is 2.31. The van der Waals surface area contributed by atoms with Crippen LogP contribution in [0.4, 0.5) is 10.1 Å². The fourth-order valence-corrected chi connectivity index (χ4v) is 3.38. The molecule has 0 bridgehead atoms. The Balaban J connectivity index is 1.88. The largest absolute Gasteiger partial charge is 0.332 e. The van der Waals surface area contributed by atoms with Crippen molar-refractivity contribution in [2.75, 3.05) is 11.9 Å². The summed E-state index contributed by atoms with van der Waals surface area (Å²) in [5.74, 6) is -1.14. The molecule has 6 heteroatoms. The molecule has 1 saturated heterocycles. The molecule has 1 fully saturated rings.